The molecule has 0 bridgehead atoms. The Bertz CT molecular complexity index is 1120. The molecule has 1 saturated heterocycles. The third-order valence-electron chi connectivity index (χ3n) is 5.60. The Labute approximate surface area is 181 Å². The Kier molecular flexibility index (Phi) is 5.65. The number of anilines is 2. The minimum Gasteiger partial charge on any atom is -0.383 e. The van der Waals surface area contributed by atoms with Gasteiger partial charge < -0.3 is 10.6 Å². The van der Waals surface area contributed by atoms with Gasteiger partial charge in [-0.15, -0.1) is 0 Å². The first-order chi connectivity index (χ1) is 14.8. The summed E-state index contributed by atoms with van der Waals surface area (Å²) in [5, 5.41) is -0.128. The molecule has 0 spiro atoms. The van der Waals surface area contributed by atoms with Crippen molar-refractivity contribution in [2.75, 3.05) is 29.5 Å². The minimum atomic E-state index is -3.17. The summed E-state index contributed by atoms with van der Waals surface area (Å²) in [4.78, 5) is 36.9. The Balaban J connectivity index is 1.58. The van der Waals surface area contributed by atoms with E-state index in [0.29, 0.717) is 23.4 Å². The third-order valence-corrected chi connectivity index (χ3v) is 7.36. The SMILES string of the molecule is CCCS(=N)(=O)c1nc(N)c2c(n1)N(Cc1ccc(C(=O)N3CCCC3)cc1)C(=O)C2. The second kappa shape index (κ2) is 8.26. The zero-order valence-electron chi connectivity index (χ0n) is 17.5. The van der Waals surface area contributed by atoms with Gasteiger partial charge in [-0.1, -0.05) is 19.1 Å². The van der Waals surface area contributed by atoms with Crippen molar-refractivity contribution in [2.45, 2.75) is 44.3 Å². The van der Waals surface area contributed by atoms with Crippen LogP contribution in [-0.2, 0) is 27.5 Å². The summed E-state index contributed by atoms with van der Waals surface area (Å²) >= 11 is 0. The molecule has 9 nitrogen and oxygen atoms in total. The number of aromatic nitrogens is 2. The smallest absolute Gasteiger partial charge is 0.253 e. The lowest BCUT2D eigenvalue weighted by atomic mass is 10.1. The number of nitrogens with two attached hydrogens (primary N) is 1. The van der Waals surface area contributed by atoms with Crippen molar-refractivity contribution in [3.63, 3.8) is 0 Å². The number of amides is 2. The number of fused-ring (bicyclic) bond motifs is 1. The monoisotopic (exact) mass is 442 g/mol. The van der Waals surface area contributed by atoms with Crippen LogP contribution in [0.15, 0.2) is 29.4 Å². The molecule has 1 fully saturated rings. The van der Waals surface area contributed by atoms with E-state index in [4.69, 9.17) is 10.5 Å². The Morgan fingerprint density at radius 1 is 1.19 bits per heavy atom. The predicted molar refractivity (Wildman–Crippen MR) is 117 cm³/mol. The van der Waals surface area contributed by atoms with E-state index in [1.165, 1.54) is 4.90 Å². The van der Waals surface area contributed by atoms with Gasteiger partial charge in [0.1, 0.15) is 21.4 Å². The van der Waals surface area contributed by atoms with Crippen LogP contribution in [0.4, 0.5) is 11.6 Å². The average molecular weight is 443 g/mol. The highest BCUT2D eigenvalue weighted by Gasteiger charge is 2.33. The molecule has 2 amide bonds. The second-order valence-electron chi connectivity index (χ2n) is 7.93. The van der Waals surface area contributed by atoms with Crippen molar-refractivity contribution in [3.8, 4) is 0 Å². The van der Waals surface area contributed by atoms with Crippen molar-refractivity contribution in [1.82, 2.24) is 14.9 Å². The number of benzene rings is 1. The Morgan fingerprint density at radius 3 is 2.52 bits per heavy atom. The van der Waals surface area contributed by atoms with Crippen LogP contribution in [0.5, 0.6) is 0 Å². The first kappa shape index (κ1) is 21.2. The lowest BCUT2D eigenvalue weighted by Crippen LogP contribution is -2.28. The van der Waals surface area contributed by atoms with Crippen LogP contribution in [0.1, 0.15) is 47.7 Å². The summed E-state index contributed by atoms with van der Waals surface area (Å²) in [6.45, 7) is 3.66. The first-order valence-corrected chi connectivity index (χ1v) is 12.1. The predicted octanol–water partition coefficient (Wildman–Crippen LogP) is 2.20. The van der Waals surface area contributed by atoms with Gasteiger partial charge in [-0.05, 0) is 37.0 Å². The zero-order valence-corrected chi connectivity index (χ0v) is 18.3. The van der Waals surface area contributed by atoms with Gasteiger partial charge in [-0.2, -0.15) is 0 Å². The number of nitrogens with zero attached hydrogens (tertiary/aromatic N) is 4. The molecule has 3 N–H and O–H groups in total. The summed E-state index contributed by atoms with van der Waals surface area (Å²) in [5.41, 5.74) is 7.97. The molecule has 1 aromatic carbocycles. The van der Waals surface area contributed by atoms with Crippen molar-refractivity contribution in [3.05, 3.63) is 41.0 Å². The van der Waals surface area contributed by atoms with Crippen molar-refractivity contribution in [2.24, 2.45) is 0 Å². The van der Waals surface area contributed by atoms with Crippen molar-refractivity contribution >= 4 is 33.2 Å². The molecule has 2 aliphatic heterocycles. The molecular weight excluding hydrogens is 416 g/mol. The molecule has 3 heterocycles. The molecule has 0 saturated carbocycles. The van der Waals surface area contributed by atoms with Crippen LogP contribution < -0.4 is 10.6 Å². The molecule has 0 aliphatic carbocycles. The van der Waals surface area contributed by atoms with Crippen LogP contribution in [0.25, 0.3) is 0 Å². The van der Waals surface area contributed by atoms with Gasteiger partial charge in [0.25, 0.3) is 5.91 Å². The maximum absolute atomic E-state index is 12.6. The normalized spacial score (nSPS) is 17.6. The Morgan fingerprint density at radius 2 is 1.87 bits per heavy atom. The highest BCUT2D eigenvalue weighted by molar-refractivity contribution is 7.92. The molecule has 164 valence electrons. The fourth-order valence-corrected chi connectivity index (χ4v) is 5.19. The van der Waals surface area contributed by atoms with E-state index in [1.54, 1.807) is 12.1 Å². The number of nitrogen functional groups attached to an aromatic ring is 1. The van der Waals surface area contributed by atoms with Gasteiger partial charge in [0.2, 0.25) is 11.1 Å². The number of hydrogen-bond donors (Lipinski definition) is 2. The van der Waals surface area contributed by atoms with Crippen LogP contribution in [0, 0.1) is 4.78 Å². The van der Waals surface area contributed by atoms with Crippen LogP contribution in [0.2, 0.25) is 0 Å². The summed E-state index contributed by atoms with van der Waals surface area (Å²) in [5.74, 6) is 0.389. The quantitative estimate of drug-likeness (QED) is 0.659. The maximum atomic E-state index is 12.6. The van der Waals surface area contributed by atoms with E-state index in [-0.39, 0.29) is 41.5 Å². The fourth-order valence-electron chi connectivity index (χ4n) is 3.95. The highest BCUT2D eigenvalue weighted by atomic mass is 32.2. The topological polar surface area (TPSA) is 133 Å². The van der Waals surface area contributed by atoms with Crippen LogP contribution >= 0.6 is 0 Å². The molecule has 1 unspecified atom stereocenters. The third kappa shape index (κ3) is 4.12. The standard InChI is InChI=1S/C21H26N6O3S/c1-2-11-31(23,30)21-24-18(22)16-12-17(28)27(19(16)25-21)13-14-5-7-15(8-6-14)20(29)26-9-3-4-10-26/h5-8,23H,2-4,9-13H2,1H3,(H2,22,24,25). The summed E-state index contributed by atoms with van der Waals surface area (Å²) < 4.78 is 20.7. The largest absolute Gasteiger partial charge is 0.383 e. The first-order valence-electron chi connectivity index (χ1n) is 10.4. The number of hydrogen-bond acceptors (Lipinski definition) is 7. The molecule has 2 aromatic rings. The van der Waals surface area contributed by atoms with Gasteiger partial charge >= 0.3 is 0 Å². The van der Waals surface area contributed by atoms with E-state index in [2.05, 4.69) is 9.97 Å². The van der Waals surface area contributed by atoms with E-state index in [1.807, 2.05) is 24.0 Å². The zero-order chi connectivity index (χ0) is 22.2. The van der Waals surface area contributed by atoms with Crippen molar-refractivity contribution in [1.29, 1.82) is 4.78 Å². The molecule has 4 rings (SSSR count). The van der Waals surface area contributed by atoms with Gasteiger partial charge in [0.15, 0.2) is 0 Å². The summed E-state index contributed by atoms with van der Waals surface area (Å²) in [6, 6.07) is 7.19. The second-order valence-corrected chi connectivity index (χ2v) is 10.0. The average Bonchev–Trinajstić information content (AvgIpc) is 3.37. The van der Waals surface area contributed by atoms with Crippen molar-refractivity contribution < 1.29 is 13.8 Å². The summed E-state index contributed by atoms with van der Waals surface area (Å²) in [7, 11) is -3.17. The number of carbonyl (C=O) groups excluding carboxylic acids is 2. The number of rotatable bonds is 6. The molecule has 0 radical (unpaired) electrons. The van der Waals surface area contributed by atoms with Gasteiger partial charge in [0, 0.05) is 30.0 Å². The summed E-state index contributed by atoms with van der Waals surface area (Å²) in [6.07, 6.45) is 2.69. The van der Waals surface area contributed by atoms with Crippen LogP contribution in [-0.4, -0.2) is 49.7 Å². The lowest BCUT2D eigenvalue weighted by molar-refractivity contribution is -0.117. The molecule has 2 aliphatic rings. The maximum Gasteiger partial charge on any atom is 0.253 e. The molecule has 1 aromatic heterocycles. The lowest BCUT2D eigenvalue weighted by Gasteiger charge is -2.18. The van der Waals surface area contributed by atoms with E-state index < -0.39 is 9.73 Å². The number of nitrogens with one attached hydrogen (secondary N) is 1. The van der Waals surface area contributed by atoms with E-state index in [0.717, 1.165) is 31.5 Å². The molecule has 1 atom stereocenters. The highest BCUT2D eigenvalue weighted by Crippen LogP contribution is 2.33. The number of carbonyl (C=O) groups is 2. The molecular formula is C21H26N6O3S. The minimum absolute atomic E-state index is 0.0259. The van der Waals surface area contributed by atoms with E-state index >= 15 is 0 Å². The molecule has 31 heavy (non-hydrogen) atoms. The fraction of sp³-hybridized carbons (Fsp3) is 0.429. The van der Waals surface area contributed by atoms with E-state index in [9.17, 15) is 13.8 Å². The number of likely N-dealkylation sites (tertiary alicyclic amines) is 1. The Hall–Kier alpha value is -3.01. The van der Waals surface area contributed by atoms with Gasteiger partial charge in [0.05, 0.1) is 13.0 Å². The molecule has 10 heteroatoms. The van der Waals surface area contributed by atoms with Gasteiger partial charge in [-0.25, -0.2) is 19.0 Å². The van der Waals surface area contributed by atoms with Crippen LogP contribution in [0.3, 0.4) is 0 Å². The van der Waals surface area contributed by atoms with Gasteiger partial charge in [-0.3, -0.25) is 14.5 Å².